The Bertz CT molecular complexity index is 574. The molecule has 2 atom stereocenters. The second-order valence-corrected chi connectivity index (χ2v) is 5.76. The first-order valence-corrected chi connectivity index (χ1v) is 6.91. The van der Waals surface area contributed by atoms with Crippen molar-refractivity contribution >= 4 is 23.3 Å². The van der Waals surface area contributed by atoms with Gasteiger partial charge in [0.2, 0.25) is 5.91 Å². The number of aromatic carboxylic acids is 1. The normalized spacial score (nSPS) is 26.9. The zero-order valence-electron chi connectivity index (χ0n) is 11.4. The monoisotopic (exact) mass is 274 g/mol. The second kappa shape index (κ2) is 4.51. The highest BCUT2D eigenvalue weighted by molar-refractivity contribution is 6.04. The van der Waals surface area contributed by atoms with E-state index in [1.165, 1.54) is 17.4 Å². The van der Waals surface area contributed by atoms with Crippen molar-refractivity contribution in [2.45, 2.75) is 19.3 Å². The molecule has 1 aromatic carbocycles. The van der Waals surface area contributed by atoms with Crippen LogP contribution >= 0.6 is 0 Å². The van der Waals surface area contributed by atoms with Crippen LogP contribution in [0.2, 0.25) is 0 Å². The molecule has 0 saturated heterocycles. The molecule has 0 spiro atoms. The molecule has 2 unspecified atom stereocenters. The molecular weight excluding hydrogens is 256 g/mol. The quantitative estimate of drug-likeness (QED) is 0.825. The van der Waals surface area contributed by atoms with Crippen LogP contribution in [-0.2, 0) is 4.79 Å². The molecule has 2 fully saturated rings. The van der Waals surface area contributed by atoms with Crippen molar-refractivity contribution in [3.8, 4) is 0 Å². The number of benzene rings is 1. The summed E-state index contributed by atoms with van der Waals surface area (Å²) in [6, 6.07) is 4.63. The number of nitrogens with two attached hydrogens (primary N) is 1. The predicted octanol–water partition coefficient (Wildman–Crippen LogP) is 1.98. The van der Waals surface area contributed by atoms with E-state index in [1.54, 1.807) is 19.2 Å². The Morgan fingerprint density at radius 2 is 1.95 bits per heavy atom. The molecule has 2 aliphatic rings. The van der Waals surface area contributed by atoms with E-state index in [2.05, 4.69) is 0 Å². The zero-order valence-corrected chi connectivity index (χ0v) is 11.4. The van der Waals surface area contributed by atoms with Gasteiger partial charge >= 0.3 is 5.97 Å². The van der Waals surface area contributed by atoms with Crippen molar-refractivity contribution < 1.29 is 14.7 Å². The maximum atomic E-state index is 12.5. The van der Waals surface area contributed by atoms with Gasteiger partial charge in [-0.05, 0) is 42.9 Å². The van der Waals surface area contributed by atoms with Gasteiger partial charge in [0.05, 0.1) is 11.3 Å². The summed E-state index contributed by atoms with van der Waals surface area (Å²) in [6.45, 7) is 0. The second-order valence-electron chi connectivity index (χ2n) is 5.76. The van der Waals surface area contributed by atoms with E-state index in [4.69, 9.17) is 5.73 Å². The number of carbonyl (C=O) groups is 2. The van der Waals surface area contributed by atoms with E-state index in [9.17, 15) is 14.7 Å². The number of anilines is 2. The highest BCUT2D eigenvalue weighted by Crippen LogP contribution is 2.58. The molecular formula is C15H18N2O3. The number of fused-ring (bicyclic) bond motifs is 1. The maximum Gasteiger partial charge on any atom is 0.337 e. The van der Waals surface area contributed by atoms with Gasteiger partial charge in [-0.1, -0.05) is 6.42 Å². The van der Waals surface area contributed by atoms with Gasteiger partial charge in [-0.3, -0.25) is 4.79 Å². The lowest BCUT2D eigenvalue weighted by Crippen LogP contribution is -2.30. The van der Waals surface area contributed by atoms with E-state index in [0.717, 1.165) is 12.8 Å². The molecule has 106 valence electrons. The highest BCUT2D eigenvalue weighted by atomic mass is 16.4. The van der Waals surface area contributed by atoms with Crippen LogP contribution in [0.1, 0.15) is 29.6 Å². The summed E-state index contributed by atoms with van der Waals surface area (Å²) < 4.78 is 0. The van der Waals surface area contributed by atoms with E-state index < -0.39 is 5.97 Å². The number of carboxylic acids is 1. The smallest absolute Gasteiger partial charge is 0.337 e. The first-order chi connectivity index (χ1) is 9.50. The van der Waals surface area contributed by atoms with Gasteiger partial charge in [-0.25, -0.2) is 4.79 Å². The summed E-state index contributed by atoms with van der Waals surface area (Å²) in [5.41, 5.74) is 6.50. The van der Waals surface area contributed by atoms with E-state index in [1.807, 2.05) is 0 Å². The molecule has 0 radical (unpaired) electrons. The summed E-state index contributed by atoms with van der Waals surface area (Å²) in [4.78, 5) is 25.2. The minimum atomic E-state index is -1.07. The molecule has 1 amide bonds. The van der Waals surface area contributed by atoms with Crippen LogP contribution in [0.15, 0.2) is 18.2 Å². The van der Waals surface area contributed by atoms with E-state index >= 15 is 0 Å². The number of nitrogens with zero attached hydrogens (tertiary/aromatic N) is 1. The molecule has 3 N–H and O–H groups in total. The van der Waals surface area contributed by atoms with Gasteiger partial charge < -0.3 is 15.7 Å². The first kappa shape index (κ1) is 13.0. The number of carbonyl (C=O) groups excluding carboxylic acids is 1. The Labute approximate surface area is 117 Å². The molecule has 0 bridgehead atoms. The number of rotatable bonds is 3. The van der Waals surface area contributed by atoms with Gasteiger partial charge in [0.15, 0.2) is 0 Å². The Hall–Kier alpha value is -2.04. The molecule has 5 heteroatoms. The van der Waals surface area contributed by atoms with Crippen LogP contribution in [0.3, 0.4) is 0 Å². The van der Waals surface area contributed by atoms with Crippen LogP contribution in [0.25, 0.3) is 0 Å². The molecule has 3 rings (SSSR count). The summed E-state index contributed by atoms with van der Waals surface area (Å²) in [5, 5.41) is 9.24. The third-order valence-electron chi connectivity index (χ3n) is 4.63. The Kier molecular flexibility index (Phi) is 2.92. The fourth-order valence-corrected chi connectivity index (χ4v) is 3.55. The summed E-state index contributed by atoms with van der Waals surface area (Å²) in [6.07, 6.45) is 3.47. The number of nitrogen functional groups attached to an aromatic ring is 1. The average Bonchev–Trinajstić information content (AvgIpc) is 2.89. The molecule has 1 aromatic rings. The maximum absolute atomic E-state index is 12.5. The number of amides is 1. The molecule has 2 aliphatic carbocycles. The van der Waals surface area contributed by atoms with Crippen molar-refractivity contribution in [3.05, 3.63) is 23.8 Å². The van der Waals surface area contributed by atoms with Crippen molar-refractivity contribution in [1.82, 2.24) is 0 Å². The van der Waals surface area contributed by atoms with Crippen LogP contribution < -0.4 is 10.6 Å². The van der Waals surface area contributed by atoms with Gasteiger partial charge in [0.25, 0.3) is 0 Å². The Morgan fingerprint density at radius 1 is 1.30 bits per heavy atom. The van der Waals surface area contributed by atoms with Crippen molar-refractivity contribution in [1.29, 1.82) is 0 Å². The highest BCUT2D eigenvalue weighted by Gasteiger charge is 2.57. The SMILES string of the molecule is CN(C(=O)C1C2CCCC21)c1ccc(N)cc1C(=O)O. The fraction of sp³-hybridized carbons (Fsp3) is 0.467. The Morgan fingerprint density at radius 3 is 2.55 bits per heavy atom. The van der Waals surface area contributed by atoms with Gasteiger partial charge in [-0.15, -0.1) is 0 Å². The van der Waals surface area contributed by atoms with Crippen LogP contribution in [0, 0.1) is 17.8 Å². The van der Waals surface area contributed by atoms with Crippen LogP contribution in [0.5, 0.6) is 0 Å². The molecule has 20 heavy (non-hydrogen) atoms. The number of carboxylic acid groups (broad SMARTS) is 1. The number of hydrogen-bond acceptors (Lipinski definition) is 3. The fourth-order valence-electron chi connectivity index (χ4n) is 3.55. The predicted molar refractivity (Wildman–Crippen MR) is 75.5 cm³/mol. The molecule has 0 aromatic heterocycles. The van der Waals surface area contributed by atoms with Gasteiger partial charge in [0, 0.05) is 18.7 Å². The molecule has 5 nitrogen and oxygen atoms in total. The minimum Gasteiger partial charge on any atom is -0.478 e. The lowest BCUT2D eigenvalue weighted by Gasteiger charge is -2.20. The van der Waals surface area contributed by atoms with Crippen molar-refractivity contribution in [2.24, 2.45) is 17.8 Å². The van der Waals surface area contributed by atoms with E-state index in [0.29, 0.717) is 23.2 Å². The van der Waals surface area contributed by atoms with Crippen molar-refractivity contribution in [3.63, 3.8) is 0 Å². The summed E-state index contributed by atoms with van der Waals surface area (Å²) in [5.74, 6) is 0.0990. The minimum absolute atomic E-state index is 0.0342. The lowest BCUT2D eigenvalue weighted by atomic mass is 10.1. The summed E-state index contributed by atoms with van der Waals surface area (Å²) in [7, 11) is 1.65. The van der Waals surface area contributed by atoms with Crippen LogP contribution in [-0.4, -0.2) is 24.0 Å². The number of hydrogen-bond donors (Lipinski definition) is 2. The lowest BCUT2D eigenvalue weighted by molar-refractivity contribution is -0.120. The first-order valence-electron chi connectivity index (χ1n) is 6.91. The summed E-state index contributed by atoms with van der Waals surface area (Å²) >= 11 is 0. The largest absolute Gasteiger partial charge is 0.478 e. The molecule has 0 aliphatic heterocycles. The van der Waals surface area contributed by atoms with E-state index in [-0.39, 0.29) is 17.4 Å². The van der Waals surface area contributed by atoms with Crippen molar-refractivity contribution in [2.75, 3.05) is 17.7 Å². The average molecular weight is 274 g/mol. The Balaban J connectivity index is 1.85. The molecule has 0 heterocycles. The van der Waals surface area contributed by atoms with Gasteiger partial charge in [-0.2, -0.15) is 0 Å². The topological polar surface area (TPSA) is 83.6 Å². The third kappa shape index (κ3) is 1.94. The zero-order chi connectivity index (χ0) is 14.4. The third-order valence-corrected chi connectivity index (χ3v) is 4.63. The van der Waals surface area contributed by atoms with Gasteiger partial charge in [0.1, 0.15) is 0 Å². The standard InChI is InChI=1S/C15H18N2O3/c1-17(14(18)13-9-3-2-4-10(9)13)12-6-5-8(16)7-11(12)15(19)20/h5-7,9-10,13H,2-4,16H2,1H3,(H,19,20). The van der Waals surface area contributed by atoms with Crippen LogP contribution in [0.4, 0.5) is 11.4 Å². The molecule has 2 saturated carbocycles.